The minimum absolute atomic E-state index is 0.214. The van der Waals surface area contributed by atoms with E-state index in [1.807, 2.05) is 31.2 Å². The van der Waals surface area contributed by atoms with Gasteiger partial charge in [-0.25, -0.2) is 9.37 Å². The number of carbonyl (C=O) groups excluding carboxylic acids is 2. The highest BCUT2D eigenvalue weighted by Crippen LogP contribution is 2.13. The monoisotopic (exact) mass is 398 g/mol. The molecule has 0 unspecified atom stereocenters. The van der Waals surface area contributed by atoms with Crippen LogP contribution in [-0.4, -0.2) is 27.1 Å². The average molecular weight is 398 g/mol. The van der Waals surface area contributed by atoms with E-state index < -0.39 is 5.91 Å². The van der Waals surface area contributed by atoms with Crippen LogP contribution in [-0.2, 0) is 10.5 Å². The Balaban J connectivity index is 1.49. The number of halogens is 1. The lowest BCUT2D eigenvalue weighted by Crippen LogP contribution is -2.43. The van der Waals surface area contributed by atoms with Crippen LogP contribution in [0.2, 0.25) is 0 Å². The van der Waals surface area contributed by atoms with Crippen molar-refractivity contribution in [2.24, 2.45) is 0 Å². The van der Waals surface area contributed by atoms with Crippen molar-refractivity contribution in [3.05, 3.63) is 83.7 Å². The third kappa shape index (κ3) is 5.20. The summed E-state index contributed by atoms with van der Waals surface area (Å²) >= 11 is 1.45. The fraction of sp³-hybridized carbons (Fsp3) is 0.150. The molecule has 0 atom stereocenters. The van der Waals surface area contributed by atoms with Gasteiger partial charge in [0.2, 0.25) is 5.91 Å². The lowest BCUT2D eigenvalue weighted by Gasteiger charge is -2.10. The van der Waals surface area contributed by atoms with E-state index in [9.17, 15) is 14.0 Å². The molecule has 0 aliphatic carbocycles. The maximum Gasteiger partial charge on any atom is 0.288 e. The maximum atomic E-state index is 13.1. The Kier molecular flexibility index (Phi) is 6.44. The van der Waals surface area contributed by atoms with Crippen molar-refractivity contribution < 1.29 is 14.0 Å². The molecular weight excluding hydrogens is 379 g/mol. The summed E-state index contributed by atoms with van der Waals surface area (Å²) in [5.41, 5.74) is 7.90. The Hall–Kier alpha value is -3.13. The number of carbonyl (C=O) groups is 2. The van der Waals surface area contributed by atoms with Gasteiger partial charge in [-0.15, -0.1) is 11.8 Å². The van der Waals surface area contributed by atoms with E-state index >= 15 is 0 Å². The van der Waals surface area contributed by atoms with Gasteiger partial charge >= 0.3 is 0 Å². The number of aryl methyl sites for hydroxylation is 1. The molecule has 0 bridgehead atoms. The predicted octanol–water partition coefficient (Wildman–Crippen LogP) is 3.01. The second kappa shape index (κ2) is 9.18. The summed E-state index contributed by atoms with van der Waals surface area (Å²) in [7, 11) is 0. The molecule has 2 aromatic carbocycles. The summed E-state index contributed by atoms with van der Waals surface area (Å²) in [6, 6.07) is 13.8. The van der Waals surface area contributed by atoms with Gasteiger partial charge in [-0.2, -0.15) is 0 Å². The molecule has 144 valence electrons. The topological polar surface area (TPSA) is 76.0 Å². The standard InChI is InChI=1S/C20H19FN4O2S/c1-14-2-4-15(5-3-14)11-28-12-19(26)23-24-20(27)18-10-22-13-25(18)17-8-6-16(21)7-9-17/h2-10,13H,11-12H2,1H3,(H,23,26)(H,24,27). The number of rotatable bonds is 6. The number of amides is 2. The summed E-state index contributed by atoms with van der Waals surface area (Å²) in [6.07, 6.45) is 2.82. The first-order valence-corrected chi connectivity index (χ1v) is 9.69. The minimum Gasteiger partial charge on any atom is -0.295 e. The maximum absolute atomic E-state index is 13.1. The molecule has 1 heterocycles. The zero-order valence-electron chi connectivity index (χ0n) is 15.2. The summed E-state index contributed by atoms with van der Waals surface area (Å²) in [5.74, 6) is -0.271. The fourth-order valence-corrected chi connectivity index (χ4v) is 3.23. The first kappa shape index (κ1) is 19.6. The number of hydrazine groups is 1. The van der Waals surface area contributed by atoms with Crippen molar-refractivity contribution in [3.63, 3.8) is 0 Å². The van der Waals surface area contributed by atoms with E-state index in [-0.39, 0.29) is 23.2 Å². The number of thioether (sulfide) groups is 1. The second-order valence-electron chi connectivity index (χ2n) is 6.11. The highest BCUT2D eigenvalue weighted by molar-refractivity contribution is 7.99. The smallest absolute Gasteiger partial charge is 0.288 e. The van der Waals surface area contributed by atoms with Gasteiger partial charge in [0.25, 0.3) is 5.91 Å². The number of benzene rings is 2. The Morgan fingerprint density at radius 3 is 2.50 bits per heavy atom. The van der Waals surface area contributed by atoms with Crippen LogP contribution in [0.15, 0.2) is 61.1 Å². The van der Waals surface area contributed by atoms with Gasteiger partial charge in [0.1, 0.15) is 11.5 Å². The normalized spacial score (nSPS) is 10.5. The van der Waals surface area contributed by atoms with Crippen LogP contribution in [0, 0.1) is 12.7 Å². The third-order valence-corrected chi connectivity index (χ3v) is 4.92. The molecule has 0 saturated heterocycles. The van der Waals surface area contributed by atoms with E-state index in [1.54, 1.807) is 0 Å². The SMILES string of the molecule is Cc1ccc(CSCC(=O)NNC(=O)c2cncn2-c2ccc(F)cc2)cc1. The van der Waals surface area contributed by atoms with Crippen LogP contribution in [0.3, 0.4) is 0 Å². The van der Waals surface area contributed by atoms with Gasteiger partial charge < -0.3 is 0 Å². The van der Waals surface area contributed by atoms with Crippen molar-refractivity contribution in [3.8, 4) is 5.69 Å². The van der Waals surface area contributed by atoms with Crippen LogP contribution in [0.1, 0.15) is 21.6 Å². The quantitative estimate of drug-likeness (QED) is 0.626. The van der Waals surface area contributed by atoms with Gasteiger partial charge in [-0.1, -0.05) is 29.8 Å². The molecule has 0 aliphatic rings. The molecule has 2 N–H and O–H groups in total. The molecule has 6 nitrogen and oxygen atoms in total. The van der Waals surface area contributed by atoms with E-state index in [0.717, 1.165) is 5.56 Å². The lowest BCUT2D eigenvalue weighted by molar-refractivity contribution is -0.119. The molecule has 3 aromatic rings. The van der Waals surface area contributed by atoms with Crippen LogP contribution >= 0.6 is 11.8 Å². The zero-order valence-corrected chi connectivity index (χ0v) is 16.0. The first-order chi connectivity index (χ1) is 13.5. The number of nitrogens with one attached hydrogen (secondary N) is 2. The number of nitrogens with zero attached hydrogens (tertiary/aromatic N) is 2. The Morgan fingerprint density at radius 2 is 1.79 bits per heavy atom. The molecule has 1 aromatic heterocycles. The number of imidazole rings is 1. The molecule has 0 spiro atoms. The molecule has 0 saturated carbocycles. The van der Waals surface area contributed by atoms with Gasteiger partial charge in [-0.3, -0.25) is 25.0 Å². The van der Waals surface area contributed by atoms with Crippen molar-refractivity contribution in [1.82, 2.24) is 20.4 Å². The number of hydrogen-bond donors (Lipinski definition) is 2. The van der Waals surface area contributed by atoms with Crippen LogP contribution in [0.25, 0.3) is 5.69 Å². The largest absolute Gasteiger partial charge is 0.295 e. The Bertz CT molecular complexity index is 955. The van der Waals surface area contributed by atoms with Crippen molar-refractivity contribution in [1.29, 1.82) is 0 Å². The van der Waals surface area contributed by atoms with E-state index in [1.165, 1.54) is 58.7 Å². The Labute approximate surface area is 166 Å². The van der Waals surface area contributed by atoms with Crippen molar-refractivity contribution in [2.75, 3.05) is 5.75 Å². The number of hydrogen-bond acceptors (Lipinski definition) is 4. The molecule has 0 fully saturated rings. The second-order valence-corrected chi connectivity index (χ2v) is 7.09. The van der Waals surface area contributed by atoms with Crippen LogP contribution in [0.4, 0.5) is 4.39 Å². The summed E-state index contributed by atoms with van der Waals surface area (Å²) in [5, 5.41) is 0. The number of aromatic nitrogens is 2. The zero-order chi connectivity index (χ0) is 19.9. The van der Waals surface area contributed by atoms with Crippen LogP contribution in [0.5, 0.6) is 0 Å². The average Bonchev–Trinajstić information content (AvgIpc) is 3.18. The summed E-state index contributed by atoms with van der Waals surface area (Å²) in [6.45, 7) is 2.02. The molecular formula is C20H19FN4O2S. The highest BCUT2D eigenvalue weighted by atomic mass is 32.2. The van der Waals surface area contributed by atoms with Crippen molar-refractivity contribution in [2.45, 2.75) is 12.7 Å². The third-order valence-electron chi connectivity index (χ3n) is 3.91. The molecule has 0 radical (unpaired) electrons. The van der Waals surface area contributed by atoms with Gasteiger partial charge in [-0.05, 0) is 36.8 Å². The van der Waals surface area contributed by atoms with E-state index in [2.05, 4.69) is 15.8 Å². The summed E-state index contributed by atoms with van der Waals surface area (Å²) < 4.78 is 14.6. The predicted molar refractivity (Wildman–Crippen MR) is 106 cm³/mol. The lowest BCUT2D eigenvalue weighted by atomic mass is 10.2. The Morgan fingerprint density at radius 1 is 1.07 bits per heavy atom. The van der Waals surface area contributed by atoms with Gasteiger partial charge in [0.15, 0.2) is 0 Å². The molecule has 0 aliphatic heterocycles. The molecule has 2 amide bonds. The molecule has 28 heavy (non-hydrogen) atoms. The van der Waals surface area contributed by atoms with Crippen LogP contribution < -0.4 is 10.9 Å². The first-order valence-electron chi connectivity index (χ1n) is 8.53. The fourth-order valence-electron chi connectivity index (χ4n) is 2.44. The van der Waals surface area contributed by atoms with Crippen molar-refractivity contribution >= 4 is 23.6 Å². The minimum atomic E-state index is -0.515. The molecule has 3 rings (SSSR count). The van der Waals surface area contributed by atoms with Gasteiger partial charge in [0.05, 0.1) is 18.3 Å². The van der Waals surface area contributed by atoms with E-state index in [4.69, 9.17) is 0 Å². The van der Waals surface area contributed by atoms with Gasteiger partial charge in [0, 0.05) is 11.4 Å². The van der Waals surface area contributed by atoms with E-state index in [0.29, 0.717) is 11.4 Å². The summed E-state index contributed by atoms with van der Waals surface area (Å²) in [4.78, 5) is 28.2. The molecule has 8 heteroatoms. The highest BCUT2D eigenvalue weighted by Gasteiger charge is 2.14.